The predicted octanol–water partition coefficient (Wildman–Crippen LogP) is 7.22. The van der Waals surface area contributed by atoms with Gasteiger partial charge in [-0.25, -0.2) is 4.39 Å². The highest BCUT2D eigenvalue weighted by Gasteiger charge is 2.26. The van der Waals surface area contributed by atoms with Crippen molar-refractivity contribution in [2.75, 3.05) is 13.2 Å². The summed E-state index contributed by atoms with van der Waals surface area (Å²) >= 11 is 11.0. The Hall–Kier alpha value is -3.15. The third kappa shape index (κ3) is 6.64. The van der Waals surface area contributed by atoms with Gasteiger partial charge in [-0.15, -0.1) is 10.2 Å². The third-order valence-electron chi connectivity index (χ3n) is 5.48. The number of halogens is 3. The lowest BCUT2D eigenvalue weighted by Gasteiger charge is -2.19. The molecular weight excluding hydrogens is 599 g/mol. The average Bonchev–Trinajstić information content (AvgIpc) is 3.24. The molecule has 3 aromatic carbocycles. The number of nitrogens with zero attached hydrogens (tertiary/aromatic N) is 4. The van der Waals surface area contributed by atoms with Gasteiger partial charge >= 0.3 is 0 Å². The minimum absolute atomic E-state index is 0.213. The molecule has 1 heterocycles. The number of ether oxygens (including phenoxy) is 2. The fourth-order valence-corrected chi connectivity index (χ4v) is 5.64. The molecule has 0 spiro atoms. The van der Waals surface area contributed by atoms with Gasteiger partial charge < -0.3 is 9.47 Å². The molecule has 1 atom stereocenters. The zero-order valence-electron chi connectivity index (χ0n) is 20.4. The van der Waals surface area contributed by atoms with E-state index in [9.17, 15) is 14.5 Å². The van der Waals surface area contributed by atoms with Crippen molar-refractivity contribution in [1.29, 1.82) is 0 Å². The van der Waals surface area contributed by atoms with E-state index in [0.29, 0.717) is 49.8 Å². The lowest BCUT2D eigenvalue weighted by Crippen LogP contribution is -2.12. The van der Waals surface area contributed by atoms with Crippen molar-refractivity contribution >= 4 is 39.3 Å². The summed E-state index contributed by atoms with van der Waals surface area (Å²) in [6.07, 6.45) is 0. The minimum Gasteiger partial charge on any atom is -0.490 e. The largest absolute Gasteiger partial charge is 0.490 e. The second-order valence-corrected chi connectivity index (χ2v) is 10.5. The number of aryl methyl sites for hydroxylation is 1. The number of hydrogen-bond acceptors (Lipinski definition) is 7. The van der Waals surface area contributed by atoms with E-state index in [-0.39, 0.29) is 23.9 Å². The molecule has 4 rings (SSSR count). The minimum atomic E-state index is -0.638. The van der Waals surface area contributed by atoms with Crippen LogP contribution in [0.3, 0.4) is 0 Å². The summed E-state index contributed by atoms with van der Waals surface area (Å²) in [4.78, 5) is 11.3. The van der Waals surface area contributed by atoms with E-state index >= 15 is 0 Å². The van der Waals surface area contributed by atoms with E-state index in [4.69, 9.17) is 21.1 Å². The molecule has 0 unspecified atom stereocenters. The molecule has 0 aliphatic carbocycles. The molecule has 8 nitrogen and oxygen atoms in total. The molecule has 0 radical (unpaired) electrons. The van der Waals surface area contributed by atoms with Crippen molar-refractivity contribution in [2.24, 2.45) is 0 Å². The Kier molecular flexibility index (Phi) is 9.24. The Bertz CT molecular complexity index is 1440. The smallest absolute Gasteiger partial charge is 0.220 e. The van der Waals surface area contributed by atoms with E-state index in [1.54, 1.807) is 41.8 Å². The molecule has 38 heavy (non-hydrogen) atoms. The zero-order valence-corrected chi connectivity index (χ0v) is 23.6. The second-order valence-electron chi connectivity index (χ2n) is 8.11. The van der Waals surface area contributed by atoms with Gasteiger partial charge in [0.25, 0.3) is 0 Å². The van der Waals surface area contributed by atoms with Gasteiger partial charge in [0, 0.05) is 21.2 Å². The molecule has 0 saturated heterocycles. The molecule has 0 N–H and O–H groups in total. The molecule has 0 aliphatic rings. The monoisotopic (exact) mass is 620 g/mol. The highest BCUT2D eigenvalue weighted by Crippen LogP contribution is 2.43. The maximum Gasteiger partial charge on any atom is 0.220 e. The summed E-state index contributed by atoms with van der Waals surface area (Å²) in [5.74, 6) is 1.10. The standard InChI is InChI=1S/C26H23BrClFN4O4S/c1-3-36-23-13-18(12-21(27)25(23)37-15-17-6-4-5-7-22(17)28)24(14-32(34)35)38-26-31-30-16(2)33(26)20-10-8-19(29)9-11-20/h4-13,24H,3,14-15H2,1-2H3/t24-/m0/s1. The first-order valence-electron chi connectivity index (χ1n) is 11.6. The zero-order chi connectivity index (χ0) is 27.2. The van der Waals surface area contributed by atoms with Gasteiger partial charge in [0.1, 0.15) is 23.5 Å². The summed E-state index contributed by atoms with van der Waals surface area (Å²) in [5, 5.41) is 20.4. The molecule has 1 aromatic heterocycles. The van der Waals surface area contributed by atoms with Crippen molar-refractivity contribution in [2.45, 2.75) is 30.9 Å². The van der Waals surface area contributed by atoms with E-state index < -0.39 is 5.25 Å². The van der Waals surface area contributed by atoms with Crippen LogP contribution in [0.4, 0.5) is 4.39 Å². The van der Waals surface area contributed by atoms with Gasteiger partial charge in [-0.05, 0) is 77.8 Å². The van der Waals surface area contributed by atoms with Gasteiger partial charge in [0.15, 0.2) is 16.7 Å². The molecule has 4 aromatic rings. The first-order valence-corrected chi connectivity index (χ1v) is 13.6. The Balaban J connectivity index is 1.67. The van der Waals surface area contributed by atoms with Crippen LogP contribution in [0.2, 0.25) is 5.02 Å². The quantitative estimate of drug-likeness (QED) is 0.0992. The van der Waals surface area contributed by atoms with E-state index in [1.807, 2.05) is 25.1 Å². The van der Waals surface area contributed by atoms with Crippen LogP contribution in [-0.4, -0.2) is 32.8 Å². The number of nitro groups is 1. The molecule has 0 saturated carbocycles. The van der Waals surface area contributed by atoms with Crippen LogP contribution < -0.4 is 9.47 Å². The topological polar surface area (TPSA) is 92.3 Å². The van der Waals surface area contributed by atoms with Gasteiger partial charge in [0.2, 0.25) is 6.54 Å². The highest BCUT2D eigenvalue weighted by atomic mass is 79.9. The van der Waals surface area contributed by atoms with Crippen molar-refractivity contribution in [3.8, 4) is 17.2 Å². The predicted molar refractivity (Wildman–Crippen MR) is 148 cm³/mol. The van der Waals surface area contributed by atoms with Crippen LogP contribution in [0.25, 0.3) is 5.69 Å². The van der Waals surface area contributed by atoms with Crippen LogP contribution in [0, 0.1) is 22.9 Å². The summed E-state index contributed by atoms with van der Waals surface area (Å²) in [6.45, 7) is 3.81. The fourth-order valence-electron chi connectivity index (χ4n) is 3.72. The molecule has 0 aliphatic heterocycles. The number of aromatic nitrogens is 3. The number of hydrogen-bond donors (Lipinski definition) is 0. The molecular formula is C26H23BrClFN4O4S. The summed E-state index contributed by atoms with van der Waals surface area (Å²) in [6, 6.07) is 16.8. The molecule has 12 heteroatoms. The second kappa shape index (κ2) is 12.6. The van der Waals surface area contributed by atoms with Crippen LogP contribution in [0.5, 0.6) is 11.5 Å². The number of benzene rings is 3. The SMILES string of the molecule is CCOc1cc([C@H](C[N+](=O)[O-])Sc2nnc(C)n2-c2ccc(F)cc2)cc(Br)c1OCc1ccccc1Cl. The van der Waals surface area contributed by atoms with E-state index in [1.165, 1.54) is 23.9 Å². The van der Waals surface area contributed by atoms with Crippen LogP contribution in [0.15, 0.2) is 70.3 Å². The first kappa shape index (κ1) is 27.9. The summed E-state index contributed by atoms with van der Waals surface area (Å²) in [7, 11) is 0. The molecule has 198 valence electrons. The molecule has 0 bridgehead atoms. The fraction of sp³-hybridized carbons (Fsp3) is 0.231. The van der Waals surface area contributed by atoms with Crippen LogP contribution >= 0.6 is 39.3 Å². The van der Waals surface area contributed by atoms with Crippen molar-refractivity contribution in [3.05, 3.63) is 103 Å². The Morgan fingerprint density at radius 3 is 2.58 bits per heavy atom. The molecule has 0 amide bonds. The van der Waals surface area contributed by atoms with Gasteiger partial charge in [-0.2, -0.15) is 0 Å². The Morgan fingerprint density at radius 1 is 1.16 bits per heavy atom. The maximum atomic E-state index is 13.5. The van der Waals surface area contributed by atoms with Gasteiger partial charge in [-0.1, -0.05) is 41.6 Å². The van der Waals surface area contributed by atoms with Crippen molar-refractivity contribution < 1.29 is 18.8 Å². The third-order valence-corrected chi connectivity index (χ3v) is 7.61. The Labute approximate surface area is 236 Å². The Morgan fingerprint density at radius 2 is 1.89 bits per heavy atom. The van der Waals surface area contributed by atoms with Crippen molar-refractivity contribution in [1.82, 2.24) is 14.8 Å². The lowest BCUT2D eigenvalue weighted by atomic mass is 10.1. The maximum absolute atomic E-state index is 13.5. The van der Waals surface area contributed by atoms with Crippen molar-refractivity contribution in [3.63, 3.8) is 0 Å². The van der Waals surface area contributed by atoms with E-state index in [2.05, 4.69) is 26.1 Å². The normalized spacial score (nSPS) is 11.8. The van der Waals surface area contributed by atoms with Crippen LogP contribution in [0.1, 0.15) is 29.1 Å². The lowest BCUT2D eigenvalue weighted by molar-refractivity contribution is -0.479. The highest BCUT2D eigenvalue weighted by molar-refractivity contribution is 9.10. The van der Waals surface area contributed by atoms with E-state index in [0.717, 1.165) is 5.56 Å². The summed E-state index contributed by atoms with van der Waals surface area (Å²) < 4.78 is 27.7. The van der Waals surface area contributed by atoms with Gasteiger partial charge in [-0.3, -0.25) is 14.7 Å². The number of thioether (sulfide) groups is 1. The van der Waals surface area contributed by atoms with Crippen LogP contribution in [-0.2, 0) is 6.61 Å². The first-order chi connectivity index (χ1) is 18.3. The molecule has 0 fully saturated rings. The average molecular weight is 622 g/mol. The summed E-state index contributed by atoms with van der Waals surface area (Å²) in [5.41, 5.74) is 2.10. The van der Waals surface area contributed by atoms with Gasteiger partial charge in [0.05, 0.1) is 11.1 Å². The number of rotatable bonds is 11.